The number of anilines is 2. The molecule has 1 atom stereocenters. The molecule has 1 amide bonds. The van der Waals surface area contributed by atoms with Gasteiger partial charge in [0, 0.05) is 62.8 Å². The van der Waals surface area contributed by atoms with Crippen LogP contribution in [0.1, 0.15) is 52.5 Å². The van der Waals surface area contributed by atoms with Crippen LogP contribution in [-0.2, 0) is 4.74 Å². The maximum Gasteiger partial charge on any atom is 0.254 e. The first-order chi connectivity index (χ1) is 17.5. The minimum atomic E-state index is 0.0905. The molecule has 2 aromatic carbocycles. The van der Waals surface area contributed by atoms with Crippen molar-refractivity contribution < 1.29 is 9.53 Å². The summed E-state index contributed by atoms with van der Waals surface area (Å²) in [7, 11) is 3.70. The maximum absolute atomic E-state index is 13.7. The Balaban J connectivity index is 1.37. The van der Waals surface area contributed by atoms with Crippen LogP contribution in [0, 0.1) is 13.8 Å². The van der Waals surface area contributed by atoms with Crippen LogP contribution >= 0.6 is 0 Å². The highest BCUT2D eigenvalue weighted by atomic mass is 16.5. The average molecular weight is 489 g/mol. The molecule has 2 fully saturated rings. The lowest BCUT2D eigenvalue weighted by atomic mass is 9.89. The number of methoxy groups -OCH3 is 1. The highest BCUT2D eigenvalue weighted by Gasteiger charge is 2.29. The van der Waals surface area contributed by atoms with Crippen molar-refractivity contribution in [2.75, 3.05) is 50.6 Å². The second-order valence-electron chi connectivity index (χ2n) is 9.96. The molecular weight excluding hydrogens is 452 g/mol. The molecule has 0 bridgehead atoms. The van der Waals surface area contributed by atoms with Gasteiger partial charge in [0.1, 0.15) is 5.82 Å². The third kappa shape index (κ3) is 4.82. The molecule has 2 aliphatic heterocycles. The van der Waals surface area contributed by atoms with Gasteiger partial charge in [-0.25, -0.2) is 4.98 Å². The van der Waals surface area contributed by atoms with E-state index in [2.05, 4.69) is 55.7 Å². The Bertz CT molecular complexity index is 1210. The lowest BCUT2D eigenvalue weighted by Gasteiger charge is -2.33. The summed E-state index contributed by atoms with van der Waals surface area (Å²) in [6, 6.07) is 12.8. The van der Waals surface area contributed by atoms with Crippen LogP contribution < -0.4 is 10.2 Å². The molecule has 36 heavy (non-hydrogen) atoms. The lowest BCUT2D eigenvalue weighted by Crippen LogP contribution is -2.38. The van der Waals surface area contributed by atoms with Gasteiger partial charge >= 0.3 is 0 Å². The van der Waals surface area contributed by atoms with Gasteiger partial charge in [0.25, 0.3) is 5.91 Å². The molecule has 1 aromatic heterocycles. The Hall–Kier alpha value is -3.39. The van der Waals surface area contributed by atoms with Crippen molar-refractivity contribution in [1.82, 2.24) is 20.1 Å². The number of nitrogens with one attached hydrogen (secondary N) is 2. The number of amides is 1. The Labute approximate surface area is 213 Å². The zero-order valence-electron chi connectivity index (χ0n) is 21.7. The van der Waals surface area contributed by atoms with Crippen molar-refractivity contribution in [3.05, 3.63) is 58.9 Å². The molecule has 2 aliphatic rings. The first-order valence-electron chi connectivity index (χ1n) is 12.9. The Morgan fingerprint density at radius 3 is 2.44 bits per heavy atom. The summed E-state index contributed by atoms with van der Waals surface area (Å²) in [4.78, 5) is 22.6. The second kappa shape index (κ2) is 10.3. The molecule has 3 heterocycles. The molecule has 1 unspecified atom stereocenters. The van der Waals surface area contributed by atoms with E-state index in [0.717, 1.165) is 79.3 Å². The normalized spacial score (nSPS) is 18.6. The van der Waals surface area contributed by atoms with Crippen molar-refractivity contribution in [3.8, 4) is 11.4 Å². The second-order valence-corrected chi connectivity index (χ2v) is 9.96. The van der Waals surface area contributed by atoms with Crippen molar-refractivity contribution in [2.45, 2.75) is 45.1 Å². The van der Waals surface area contributed by atoms with Gasteiger partial charge in [0.15, 0.2) is 5.82 Å². The number of hydrogen-bond donors (Lipinski definition) is 2. The highest BCUT2D eigenvalue weighted by molar-refractivity contribution is 5.98. The molecule has 8 heteroatoms. The largest absolute Gasteiger partial charge is 0.388 e. The number of H-pyrrole nitrogens is 1. The zero-order valence-corrected chi connectivity index (χ0v) is 21.7. The Kier molecular flexibility index (Phi) is 6.96. The van der Waals surface area contributed by atoms with Gasteiger partial charge in [-0.2, -0.15) is 5.10 Å². The van der Waals surface area contributed by atoms with Gasteiger partial charge in [-0.3, -0.25) is 9.89 Å². The average Bonchev–Trinajstić information content (AvgIpc) is 3.57. The predicted molar refractivity (Wildman–Crippen MR) is 143 cm³/mol. The summed E-state index contributed by atoms with van der Waals surface area (Å²) in [6.45, 7) is 7.17. The van der Waals surface area contributed by atoms with Crippen LogP contribution in [0.5, 0.6) is 0 Å². The predicted octanol–water partition coefficient (Wildman–Crippen LogP) is 4.38. The summed E-state index contributed by atoms with van der Waals surface area (Å²) in [5.41, 5.74) is 6.14. The molecule has 5 rings (SSSR count). The zero-order chi connectivity index (χ0) is 25.2. The number of aromatic nitrogens is 3. The van der Waals surface area contributed by atoms with E-state index < -0.39 is 0 Å². The molecule has 3 aromatic rings. The quantitative estimate of drug-likeness (QED) is 0.536. The number of ether oxygens (including phenoxy) is 1. The summed E-state index contributed by atoms with van der Waals surface area (Å²) in [5.74, 6) is 1.96. The molecule has 2 saturated heterocycles. The number of aromatic amines is 1. The molecule has 0 radical (unpaired) electrons. The topological polar surface area (TPSA) is 86.4 Å². The van der Waals surface area contributed by atoms with Crippen molar-refractivity contribution in [2.24, 2.45) is 0 Å². The van der Waals surface area contributed by atoms with Crippen molar-refractivity contribution in [1.29, 1.82) is 0 Å². The number of carbonyl (C=O) groups excluding carboxylic acids is 1. The number of piperidine rings is 1. The van der Waals surface area contributed by atoms with Crippen molar-refractivity contribution in [3.63, 3.8) is 0 Å². The number of nitrogens with zero attached hydrogens (tertiary/aromatic N) is 4. The smallest absolute Gasteiger partial charge is 0.254 e. The maximum atomic E-state index is 13.7. The summed E-state index contributed by atoms with van der Waals surface area (Å²) >= 11 is 0. The van der Waals surface area contributed by atoms with Crippen LogP contribution in [0.2, 0.25) is 0 Å². The van der Waals surface area contributed by atoms with Gasteiger partial charge in [-0.1, -0.05) is 12.1 Å². The van der Waals surface area contributed by atoms with Crippen molar-refractivity contribution >= 4 is 17.3 Å². The molecule has 0 aliphatic carbocycles. The minimum absolute atomic E-state index is 0.0905. The number of hydrogen-bond acceptors (Lipinski definition) is 6. The van der Waals surface area contributed by atoms with Gasteiger partial charge in [-0.05, 0) is 74.4 Å². The molecule has 8 nitrogen and oxygen atoms in total. The van der Waals surface area contributed by atoms with Crippen LogP contribution in [0.15, 0.2) is 36.4 Å². The molecular formula is C28H36N6O2. The van der Waals surface area contributed by atoms with Crippen LogP contribution in [0.25, 0.3) is 11.4 Å². The van der Waals surface area contributed by atoms with E-state index >= 15 is 0 Å². The van der Waals surface area contributed by atoms with Crippen LogP contribution in [0.3, 0.4) is 0 Å². The fourth-order valence-electron chi connectivity index (χ4n) is 5.47. The minimum Gasteiger partial charge on any atom is -0.388 e. The van der Waals surface area contributed by atoms with Crippen LogP contribution in [0.4, 0.5) is 11.4 Å². The SMILES string of the molecule is CNc1ccc(C2CCN(C(=O)c3cc(-c4n[nH]c(C)n4)c(N4CCC(OC)C4)cc3C)CC2)cc1. The van der Waals surface area contributed by atoms with Gasteiger partial charge in [-0.15, -0.1) is 0 Å². The van der Waals surface area contributed by atoms with Gasteiger partial charge < -0.3 is 19.9 Å². The number of rotatable bonds is 6. The molecule has 190 valence electrons. The summed E-state index contributed by atoms with van der Waals surface area (Å²) < 4.78 is 5.59. The van der Waals surface area contributed by atoms with E-state index in [9.17, 15) is 4.79 Å². The number of carbonyl (C=O) groups is 1. The van der Waals surface area contributed by atoms with E-state index in [1.165, 1.54) is 5.56 Å². The first kappa shape index (κ1) is 24.3. The standard InChI is InChI=1S/C28H36N6O2/c1-18-15-26(34-14-11-23(17-34)36-4)25(27-30-19(2)31-32-27)16-24(18)28(35)33-12-9-21(10-13-33)20-5-7-22(29-3)8-6-20/h5-8,15-16,21,23,29H,9-14,17H2,1-4H3,(H,30,31,32). The fraction of sp³-hybridized carbons (Fsp3) is 0.464. The lowest BCUT2D eigenvalue weighted by molar-refractivity contribution is 0.0712. The number of aryl methyl sites for hydroxylation is 2. The van der Waals surface area contributed by atoms with Crippen LogP contribution in [-0.4, -0.2) is 72.4 Å². The van der Waals surface area contributed by atoms with Gasteiger partial charge in [0.2, 0.25) is 0 Å². The first-order valence-corrected chi connectivity index (χ1v) is 12.9. The molecule has 2 N–H and O–H groups in total. The fourth-order valence-corrected chi connectivity index (χ4v) is 5.47. The summed E-state index contributed by atoms with van der Waals surface area (Å²) in [5, 5.41) is 10.6. The molecule has 0 spiro atoms. The van der Waals surface area contributed by atoms with Gasteiger partial charge in [0.05, 0.1) is 6.10 Å². The Morgan fingerprint density at radius 2 is 1.83 bits per heavy atom. The third-order valence-electron chi connectivity index (χ3n) is 7.68. The molecule has 0 saturated carbocycles. The number of likely N-dealkylation sites (tertiary alicyclic amines) is 1. The van der Waals surface area contributed by atoms with E-state index in [1.807, 2.05) is 31.9 Å². The van der Waals surface area contributed by atoms with E-state index in [-0.39, 0.29) is 12.0 Å². The Morgan fingerprint density at radius 1 is 1.08 bits per heavy atom. The van der Waals surface area contributed by atoms with E-state index in [1.54, 1.807) is 7.11 Å². The highest BCUT2D eigenvalue weighted by Crippen LogP contribution is 2.36. The van der Waals surface area contributed by atoms with E-state index in [4.69, 9.17) is 4.74 Å². The third-order valence-corrected chi connectivity index (χ3v) is 7.68. The number of benzene rings is 2. The summed E-state index contributed by atoms with van der Waals surface area (Å²) in [6.07, 6.45) is 3.14. The monoisotopic (exact) mass is 488 g/mol. The van der Waals surface area contributed by atoms with E-state index in [0.29, 0.717) is 11.7 Å².